The fraction of sp³-hybridized carbons (Fsp3) is 0.176. The number of rotatable bonds is 3. The summed E-state index contributed by atoms with van der Waals surface area (Å²) in [4.78, 5) is 2.17. The summed E-state index contributed by atoms with van der Waals surface area (Å²) in [5.41, 5.74) is 2.26. The molecule has 2 heteroatoms. The first-order valence-electron chi connectivity index (χ1n) is 6.21. The summed E-state index contributed by atoms with van der Waals surface area (Å²) in [6.45, 7) is 1.59. The quantitative estimate of drug-likeness (QED) is 0.766. The van der Waals surface area contributed by atoms with Crippen molar-refractivity contribution < 1.29 is 0 Å². The van der Waals surface area contributed by atoms with Gasteiger partial charge in [0.15, 0.2) is 0 Å². The number of hydrogen-bond donors (Lipinski definition) is 0. The molecule has 2 aromatic carbocycles. The summed E-state index contributed by atoms with van der Waals surface area (Å²) in [6, 6.07) is 18.0. The summed E-state index contributed by atoms with van der Waals surface area (Å²) < 4.78 is 0. The van der Waals surface area contributed by atoms with Gasteiger partial charge in [0.1, 0.15) is 0 Å². The smallest absolute Gasteiger partial charge is 0.0605 e. The minimum Gasteiger partial charge on any atom is -0.291 e. The topological polar surface area (TPSA) is 3.24 Å². The Morgan fingerprint density at radius 3 is 2.58 bits per heavy atom. The second-order valence-corrected chi connectivity index (χ2v) is 4.91. The largest absolute Gasteiger partial charge is 0.291 e. The van der Waals surface area contributed by atoms with Gasteiger partial charge in [-0.1, -0.05) is 53.8 Å². The highest BCUT2D eigenvalue weighted by atomic mass is 35.5. The fourth-order valence-corrected chi connectivity index (χ4v) is 2.01. The van der Waals surface area contributed by atoms with Crippen LogP contribution in [0.5, 0.6) is 0 Å². The van der Waals surface area contributed by atoms with Crippen molar-refractivity contribution in [2.24, 2.45) is 0 Å². The predicted molar refractivity (Wildman–Crippen MR) is 81.1 cm³/mol. The highest BCUT2D eigenvalue weighted by Gasteiger charge is 1.98. The molecule has 0 aromatic heterocycles. The van der Waals surface area contributed by atoms with Crippen LogP contribution < -0.4 is 0 Å². The van der Waals surface area contributed by atoms with Gasteiger partial charge in [-0.25, -0.2) is 0 Å². The molecule has 0 heterocycles. The summed E-state index contributed by atoms with van der Waals surface area (Å²) in [7, 11) is 2.06. The van der Waals surface area contributed by atoms with E-state index in [1.165, 1.54) is 5.56 Å². The van der Waals surface area contributed by atoms with Gasteiger partial charge in [0.25, 0.3) is 0 Å². The van der Waals surface area contributed by atoms with Crippen LogP contribution >= 0.6 is 11.6 Å². The van der Waals surface area contributed by atoms with Gasteiger partial charge in [0, 0.05) is 17.1 Å². The number of nitrogens with zero attached hydrogens (tertiary/aromatic N) is 1. The molecule has 0 N–H and O–H groups in total. The molecule has 0 unspecified atom stereocenters. The normalized spacial score (nSPS) is 10.1. The Hall–Kier alpha value is -1.75. The minimum atomic E-state index is 0.738. The van der Waals surface area contributed by atoms with E-state index in [2.05, 4.69) is 29.9 Å². The second kappa shape index (κ2) is 6.99. The number of halogens is 1. The molecule has 0 bridgehead atoms. The Kier molecular flexibility index (Phi) is 5.03. The second-order valence-electron chi connectivity index (χ2n) is 4.47. The van der Waals surface area contributed by atoms with Gasteiger partial charge in [0.2, 0.25) is 0 Å². The van der Waals surface area contributed by atoms with E-state index in [-0.39, 0.29) is 0 Å². The Balaban J connectivity index is 1.89. The predicted octanol–water partition coefficient (Wildman–Crippen LogP) is 3.82. The Labute approximate surface area is 119 Å². The maximum atomic E-state index is 5.97. The van der Waals surface area contributed by atoms with Crippen molar-refractivity contribution in [3.05, 3.63) is 70.7 Å². The van der Waals surface area contributed by atoms with Crippen LogP contribution in [-0.2, 0) is 6.54 Å². The zero-order valence-electron chi connectivity index (χ0n) is 10.9. The van der Waals surface area contributed by atoms with Gasteiger partial charge in [-0.3, -0.25) is 4.90 Å². The van der Waals surface area contributed by atoms with E-state index in [1.54, 1.807) is 0 Å². The molecular formula is C17H16ClN. The lowest BCUT2D eigenvalue weighted by molar-refractivity contribution is 0.369. The zero-order valence-corrected chi connectivity index (χ0v) is 11.7. The molecule has 0 saturated heterocycles. The van der Waals surface area contributed by atoms with Crippen molar-refractivity contribution in [1.82, 2.24) is 4.90 Å². The molecule has 0 radical (unpaired) electrons. The van der Waals surface area contributed by atoms with E-state index < -0.39 is 0 Å². The Morgan fingerprint density at radius 2 is 1.84 bits per heavy atom. The molecule has 2 aromatic rings. The Bertz CT molecular complexity index is 581. The van der Waals surface area contributed by atoms with Gasteiger partial charge in [-0.2, -0.15) is 0 Å². The average Bonchev–Trinajstić information content (AvgIpc) is 2.40. The van der Waals surface area contributed by atoms with Crippen molar-refractivity contribution in [3.63, 3.8) is 0 Å². The third-order valence-electron chi connectivity index (χ3n) is 2.70. The molecule has 0 aliphatic rings. The van der Waals surface area contributed by atoms with E-state index in [9.17, 15) is 0 Å². The molecular weight excluding hydrogens is 254 g/mol. The van der Waals surface area contributed by atoms with Gasteiger partial charge in [-0.05, 0) is 36.9 Å². The number of benzene rings is 2. The maximum Gasteiger partial charge on any atom is 0.0605 e. The summed E-state index contributed by atoms with van der Waals surface area (Å²) >= 11 is 5.97. The Morgan fingerprint density at radius 1 is 1.05 bits per heavy atom. The van der Waals surface area contributed by atoms with E-state index in [4.69, 9.17) is 11.6 Å². The molecule has 1 nitrogen and oxygen atoms in total. The van der Waals surface area contributed by atoms with Gasteiger partial charge >= 0.3 is 0 Å². The van der Waals surface area contributed by atoms with E-state index in [0.717, 1.165) is 23.7 Å². The van der Waals surface area contributed by atoms with E-state index in [1.807, 2.05) is 48.5 Å². The first-order chi connectivity index (χ1) is 9.24. The van der Waals surface area contributed by atoms with E-state index >= 15 is 0 Å². The van der Waals surface area contributed by atoms with Crippen molar-refractivity contribution in [2.45, 2.75) is 6.54 Å². The van der Waals surface area contributed by atoms with Crippen molar-refractivity contribution in [1.29, 1.82) is 0 Å². The molecule has 0 aliphatic heterocycles. The minimum absolute atomic E-state index is 0.738. The van der Waals surface area contributed by atoms with Gasteiger partial charge in [-0.15, -0.1) is 0 Å². The van der Waals surface area contributed by atoms with Crippen LogP contribution in [0.25, 0.3) is 0 Å². The van der Waals surface area contributed by atoms with Crippen LogP contribution in [0.15, 0.2) is 54.6 Å². The number of hydrogen-bond acceptors (Lipinski definition) is 1. The highest BCUT2D eigenvalue weighted by Crippen LogP contribution is 2.11. The van der Waals surface area contributed by atoms with Crippen LogP contribution in [0.3, 0.4) is 0 Å². The molecule has 2 rings (SSSR count). The SMILES string of the molecule is CN(CC#Cc1ccccc1)Cc1cccc(Cl)c1. The third-order valence-corrected chi connectivity index (χ3v) is 2.93. The lowest BCUT2D eigenvalue weighted by atomic mass is 10.2. The molecule has 0 aliphatic carbocycles. The zero-order chi connectivity index (χ0) is 13.5. The summed E-state index contributed by atoms with van der Waals surface area (Å²) in [5, 5.41) is 0.779. The van der Waals surface area contributed by atoms with Crippen LogP contribution in [0.4, 0.5) is 0 Å². The first kappa shape index (κ1) is 13.7. The molecule has 19 heavy (non-hydrogen) atoms. The standard InChI is InChI=1S/C17H16ClN/c1-19(14-16-9-5-11-17(18)13-16)12-6-10-15-7-3-2-4-8-15/h2-5,7-9,11,13H,12,14H2,1H3. The molecule has 0 spiro atoms. The van der Waals surface area contributed by atoms with E-state index in [0.29, 0.717) is 0 Å². The van der Waals surface area contributed by atoms with Gasteiger partial charge < -0.3 is 0 Å². The van der Waals surface area contributed by atoms with Crippen LogP contribution in [0, 0.1) is 11.8 Å². The average molecular weight is 270 g/mol. The summed E-state index contributed by atoms with van der Waals surface area (Å²) in [5.74, 6) is 6.33. The molecule has 0 atom stereocenters. The molecule has 0 fully saturated rings. The monoisotopic (exact) mass is 269 g/mol. The lowest BCUT2D eigenvalue weighted by Crippen LogP contribution is -2.17. The molecule has 0 amide bonds. The first-order valence-corrected chi connectivity index (χ1v) is 6.59. The van der Waals surface area contributed by atoms with Gasteiger partial charge in [0.05, 0.1) is 6.54 Å². The third kappa shape index (κ3) is 4.79. The maximum absolute atomic E-state index is 5.97. The lowest BCUT2D eigenvalue weighted by Gasteiger charge is -2.13. The van der Waals surface area contributed by atoms with Crippen LogP contribution in [0.1, 0.15) is 11.1 Å². The van der Waals surface area contributed by atoms with Crippen molar-refractivity contribution in [2.75, 3.05) is 13.6 Å². The fourth-order valence-electron chi connectivity index (χ4n) is 1.80. The molecule has 0 saturated carbocycles. The molecule has 96 valence electrons. The van der Waals surface area contributed by atoms with Crippen molar-refractivity contribution >= 4 is 11.6 Å². The van der Waals surface area contributed by atoms with Crippen LogP contribution in [-0.4, -0.2) is 18.5 Å². The summed E-state index contributed by atoms with van der Waals surface area (Å²) in [6.07, 6.45) is 0. The highest BCUT2D eigenvalue weighted by molar-refractivity contribution is 6.30. The van der Waals surface area contributed by atoms with Crippen molar-refractivity contribution in [3.8, 4) is 11.8 Å². The van der Waals surface area contributed by atoms with Crippen LogP contribution in [0.2, 0.25) is 5.02 Å².